The maximum atomic E-state index is 6.14. The van der Waals surface area contributed by atoms with E-state index in [2.05, 4.69) is 29.7 Å². The lowest BCUT2D eigenvalue weighted by atomic mass is 9.96. The van der Waals surface area contributed by atoms with E-state index >= 15 is 0 Å². The summed E-state index contributed by atoms with van der Waals surface area (Å²) >= 11 is 6.14. The summed E-state index contributed by atoms with van der Waals surface area (Å²) in [6.07, 6.45) is 4.99. The number of benzene rings is 1. The van der Waals surface area contributed by atoms with Crippen molar-refractivity contribution < 1.29 is 4.74 Å². The molecule has 2 N–H and O–H groups in total. The molecule has 126 valence electrons. The van der Waals surface area contributed by atoms with Gasteiger partial charge in [0.2, 0.25) is 0 Å². The van der Waals surface area contributed by atoms with E-state index in [0.717, 1.165) is 50.1 Å². The predicted molar refractivity (Wildman–Crippen MR) is 95.3 cm³/mol. The van der Waals surface area contributed by atoms with Crippen LogP contribution in [0.5, 0.6) is 0 Å². The Morgan fingerprint density at radius 3 is 2.91 bits per heavy atom. The molecule has 0 amide bonds. The van der Waals surface area contributed by atoms with Crippen LogP contribution in [0.1, 0.15) is 38.2 Å². The summed E-state index contributed by atoms with van der Waals surface area (Å²) in [5, 5.41) is 7.55. The fourth-order valence-electron chi connectivity index (χ4n) is 3.10. The van der Waals surface area contributed by atoms with E-state index in [1.165, 1.54) is 18.4 Å². The van der Waals surface area contributed by atoms with Gasteiger partial charge in [0.15, 0.2) is 5.96 Å². The van der Waals surface area contributed by atoms with Crippen LogP contribution in [0.3, 0.4) is 0 Å². The molecule has 0 aromatic heterocycles. The van der Waals surface area contributed by atoms with E-state index in [1.54, 1.807) is 0 Å². The van der Waals surface area contributed by atoms with Gasteiger partial charge in [0.25, 0.3) is 0 Å². The van der Waals surface area contributed by atoms with E-state index in [-0.39, 0.29) is 5.41 Å². The molecule has 1 aliphatic carbocycles. The molecular weight excluding hydrogens is 310 g/mol. The monoisotopic (exact) mass is 335 g/mol. The second-order valence-electron chi connectivity index (χ2n) is 6.50. The largest absolute Gasteiger partial charge is 0.376 e. The van der Waals surface area contributed by atoms with E-state index < -0.39 is 0 Å². The van der Waals surface area contributed by atoms with Crippen molar-refractivity contribution in [3.8, 4) is 0 Å². The molecule has 5 heteroatoms. The Labute approximate surface area is 143 Å². The van der Waals surface area contributed by atoms with Crippen molar-refractivity contribution in [3.05, 3.63) is 34.9 Å². The Balaban J connectivity index is 1.60. The molecule has 1 atom stereocenters. The van der Waals surface area contributed by atoms with E-state index in [9.17, 15) is 0 Å². The van der Waals surface area contributed by atoms with Crippen molar-refractivity contribution in [1.82, 2.24) is 10.6 Å². The first-order valence-corrected chi connectivity index (χ1v) is 8.99. The lowest BCUT2D eigenvalue weighted by Crippen LogP contribution is -2.41. The van der Waals surface area contributed by atoms with Crippen molar-refractivity contribution in [2.45, 2.75) is 44.1 Å². The number of nitrogens with zero attached hydrogens (tertiary/aromatic N) is 1. The van der Waals surface area contributed by atoms with Gasteiger partial charge >= 0.3 is 0 Å². The quantitative estimate of drug-likeness (QED) is 0.620. The Morgan fingerprint density at radius 2 is 2.26 bits per heavy atom. The topological polar surface area (TPSA) is 45.7 Å². The Bertz CT molecular complexity index is 551. The third-order valence-electron chi connectivity index (χ3n) is 4.70. The molecular formula is C18H26ClN3O. The van der Waals surface area contributed by atoms with Gasteiger partial charge < -0.3 is 15.4 Å². The molecule has 4 nitrogen and oxygen atoms in total. The Kier molecular flexibility index (Phi) is 5.44. The molecule has 0 bridgehead atoms. The number of hydrogen-bond donors (Lipinski definition) is 2. The molecule has 1 aliphatic heterocycles. The highest BCUT2D eigenvalue weighted by molar-refractivity contribution is 6.30. The lowest BCUT2D eigenvalue weighted by molar-refractivity contribution is 0.114. The van der Waals surface area contributed by atoms with Gasteiger partial charge in [-0.25, -0.2) is 0 Å². The Morgan fingerprint density at radius 1 is 1.39 bits per heavy atom. The summed E-state index contributed by atoms with van der Waals surface area (Å²) in [4.78, 5) is 4.81. The first-order valence-electron chi connectivity index (χ1n) is 8.62. The third kappa shape index (κ3) is 4.39. The van der Waals surface area contributed by atoms with Gasteiger partial charge in [0.05, 0.1) is 12.6 Å². The van der Waals surface area contributed by atoms with Crippen molar-refractivity contribution in [3.63, 3.8) is 0 Å². The summed E-state index contributed by atoms with van der Waals surface area (Å²) in [5.74, 6) is 0.885. The number of hydrogen-bond acceptors (Lipinski definition) is 2. The summed E-state index contributed by atoms with van der Waals surface area (Å²) in [6, 6.07) is 8.21. The summed E-state index contributed by atoms with van der Waals surface area (Å²) in [7, 11) is 0. The molecule has 1 unspecified atom stereocenters. The molecule has 1 aromatic rings. The van der Waals surface area contributed by atoms with Crippen LogP contribution in [0.4, 0.5) is 0 Å². The highest BCUT2D eigenvalue weighted by atomic mass is 35.5. The van der Waals surface area contributed by atoms with Crippen LogP contribution in [0.15, 0.2) is 29.3 Å². The fraction of sp³-hybridized carbons (Fsp3) is 0.611. The van der Waals surface area contributed by atoms with Crippen LogP contribution in [0, 0.1) is 0 Å². The highest BCUT2D eigenvalue weighted by Crippen LogP contribution is 2.48. The first kappa shape index (κ1) is 16.6. The van der Waals surface area contributed by atoms with Crippen molar-refractivity contribution in [2.75, 3.05) is 26.2 Å². The van der Waals surface area contributed by atoms with Crippen molar-refractivity contribution in [2.24, 2.45) is 4.99 Å². The fourth-order valence-corrected chi connectivity index (χ4v) is 3.29. The molecule has 0 spiro atoms. The molecule has 2 aliphatic rings. The van der Waals surface area contributed by atoms with E-state index in [0.29, 0.717) is 6.10 Å². The SMILES string of the molecule is CCNC(=NCC1(c2cccc(Cl)c2)CC1)NCC1CCCO1. The van der Waals surface area contributed by atoms with Gasteiger partial charge in [0.1, 0.15) is 0 Å². The maximum Gasteiger partial charge on any atom is 0.191 e. The van der Waals surface area contributed by atoms with Gasteiger partial charge in [-0.05, 0) is 50.3 Å². The van der Waals surface area contributed by atoms with Crippen molar-refractivity contribution in [1.29, 1.82) is 0 Å². The first-order chi connectivity index (χ1) is 11.2. The number of halogens is 1. The normalized spacial score (nSPS) is 22.9. The summed E-state index contributed by atoms with van der Waals surface area (Å²) in [6.45, 7) is 5.47. The van der Waals surface area contributed by atoms with Crippen LogP contribution < -0.4 is 10.6 Å². The maximum absolute atomic E-state index is 6.14. The summed E-state index contributed by atoms with van der Waals surface area (Å²) < 4.78 is 5.66. The highest BCUT2D eigenvalue weighted by Gasteiger charge is 2.44. The van der Waals surface area contributed by atoms with Crippen LogP contribution in [0.2, 0.25) is 5.02 Å². The smallest absolute Gasteiger partial charge is 0.191 e. The Hall–Kier alpha value is -1.26. The summed E-state index contributed by atoms with van der Waals surface area (Å²) in [5.41, 5.74) is 1.49. The molecule has 2 fully saturated rings. The van der Waals surface area contributed by atoms with Crippen LogP contribution in [0.25, 0.3) is 0 Å². The molecule has 1 aromatic carbocycles. The van der Waals surface area contributed by atoms with Crippen molar-refractivity contribution >= 4 is 17.6 Å². The zero-order valence-electron chi connectivity index (χ0n) is 13.8. The van der Waals surface area contributed by atoms with Gasteiger partial charge in [-0.3, -0.25) is 4.99 Å². The van der Waals surface area contributed by atoms with E-state index in [4.69, 9.17) is 21.3 Å². The van der Waals surface area contributed by atoms with Gasteiger partial charge in [-0.2, -0.15) is 0 Å². The third-order valence-corrected chi connectivity index (χ3v) is 4.93. The molecule has 1 saturated carbocycles. The number of nitrogens with one attached hydrogen (secondary N) is 2. The van der Waals surface area contributed by atoms with Crippen LogP contribution in [-0.2, 0) is 10.2 Å². The second-order valence-corrected chi connectivity index (χ2v) is 6.94. The van der Waals surface area contributed by atoms with Crippen LogP contribution >= 0.6 is 11.6 Å². The molecule has 1 heterocycles. The predicted octanol–water partition coefficient (Wildman–Crippen LogP) is 3.11. The molecule has 3 rings (SSSR count). The average Bonchev–Trinajstić information content (AvgIpc) is 3.17. The van der Waals surface area contributed by atoms with Gasteiger partial charge in [0, 0.05) is 30.1 Å². The zero-order chi connectivity index (χ0) is 16.1. The average molecular weight is 336 g/mol. The molecule has 1 saturated heterocycles. The standard InChI is InChI=1S/C18H26ClN3O/c1-2-20-17(21-12-16-7-4-10-23-16)22-13-18(8-9-18)14-5-3-6-15(19)11-14/h3,5-6,11,16H,2,4,7-10,12-13H2,1H3,(H2,20,21,22). The van der Waals surface area contributed by atoms with Gasteiger partial charge in [-0.15, -0.1) is 0 Å². The minimum absolute atomic E-state index is 0.178. The number of aliphatic imine (C=N–C) groups is 1. The second kappa shape index (κ2) is 7.54. The van der Waals surface area contributed by atoms with Crippen LogP contribution in [-0.4, -0.2) is 38.3 Å². The van der Waals surface area contributed by atoms with E-state index in [1.807, 2.05) is 12.1 Å². The van der Waals surface area contributed by atoms with Gasteiger partial charge in [-0.1, -0.05) is 23.7 Å². The number of ether oxygens (including phenoxy) is 1. The molecule has 23 heavy (non-hydrogen) atoms. The minimum Gasteiger partial charge on any atom is -0.376 e. The minimum atomic E-state index is 0.178. The molecule has 0 radical (unpaired) electrons. The zero-order valence-corrected chi connectivity index (χ0v) is 14.5. The number of rotatable bonds is 6. The number of guanidine groups is 1. The lowest BCUT2D eigenvalue weighted by Gasteiger charge is -2.17.